The van der Waals surface area contributed by atoms with Gasteiger partial charge in [0.1, 0.15) is 18.1 Å². The number of anilines is 1. The summed E-state index contributed by atoms with van der Waals surface area (Å²) in [6.07, 6.45) is 0. The Morgan fingerprint density at radius 3 is 2.49 bits per heavy atom. The zero-order chi connectivity index (χ0) is 26.4. The first-order chi connectivity index (χ1) is 16.9. The highest BCUT2D eigenvalue weighted by Crippen LogP contribution is 2.42. The third-order valence-electron chi connectivity index (χ3n) is 6.44. The molecule has 0 aliphatic carbocycles. The summed E-state index contributed by atoms with van der Waals surface area (Å²) >= 11 is 0. The molecule has 198 valence electrons. The maximum absolute atomic E-state index is 13.5. The Labute approximate surface area is 227 Å². The monoisotopic (exact) mass is 572 g/mol. The minimum Gasteiger partial charge on any atom is -0.493 e. The number of benzene rings is 2. The number of ketones is 1. The molecule has 1 amide bonds. The van der Waals surface area contributed by atoms with Gasteiger partial charge in [-0.05, 0) is 42.2 Å². The molecule has 0 fully saturated rings. The Hall–Kier alpha value is -3.40. The van der Waals surface area contributed by atoms with Crippen LogP contribution in [0.5, 0.6) is 11.5 Å². The summed E-state index contributed by atoms with van der Waals surface area (Å²) in [5.74, 6) is 0.356. The predicted molar refractivity (Wildman–Crippen MR) is 147 cm³/mol. The number of nitrogens with one attached hydrogen (secondary N) is 2. The highest BCUT2D eigenvalue weighted by atomic mass is 79.9. The smallest absolute Gasteiger partial charge is 0.331 e. The van der Waals surface area contributed by atoms with Gasteiger partial charge in [0.2, 0.25) is 0 Å². The molecule has 0 aromatic heterocycles. The lowest BCUT2D eigenvalue weighted by molar-refractivity contribution is -0.133. The SMILES string of the molecule is Br.CCOc1cc2c(cc1C(=O)NC)C(=N)N(CC(=O)c1cc3c(c(C(C)(C)C)c1)OC(=O)CN3C)C2. The Kier molecular flexibility index (Phi) is 8.02. The van der Waals surface area contributed by atoms with Crippen molar-refractivity contribution in [2.75, 3.05) is 38.7 Å². The standard InChI is InChI=1S/C27H32N4O5.BrH/c1-7-35-22-10-16-12-31(25(28)17(16)11-18(22)26(34)29-5)13-21(32)15-8-19(27(2,3)4)24-20(9-15)30(6)14-23(33)36-24;/h8-11,28H,7,12-14H2,1-6H3,(H,29,34);1H. The van der Waals surface area contributed by atoms with Crippen molar-refractivity contribution in [2.24, 2.45) is 0 Å². The first-order valence-electron chi connectivity index (χ1n) is 11.9. The first-order valence-corrected chi connectivity index (χ1v) is 11.9. The van der Waals surface area contributed by atoms with Crippen molar-refractivity contribution in [2.45, 2.75) is 39.7 Å². The van der Waals surface area contributed by atoms with E-state index in [0.29, 0.717) is 47.0 Å². The van der Waals surface area contributed by atoms with Crippen molar-refractivity contribution in [1.82, 2.24) is 10.2 Å². The fourth-order valence-corrected chi connectivity index (χ4v) is 4.56. The number of halogens is 1. The molecule has 2 N–H and O–H groups in total. The van der Waals surface area contributed by atoms with Gasteiger partial charge in [0.25, 0.3) is 5.91 Å². The van der Waals surface area contributed by atoms with Crippen molar-refractivity contribution in [1.29, 1.82) is 5.41 Å². The van der Waals surface area contributed by atoms with Crippen molar-refractivity contribution < 1.29 is 23.9 Å². The molecular formula is C27H33BrN4O5. The maximum atomic E-state index is 13.5. The molecular weight excluding hydrogens is 540 g/mol. The summed E-state index contributed by atoms with van der Waals surface area (Å²) in [7, 11) is 3.34. The van der Waals surface area contributed by atoms with E-state index in [-0.39, 0.29) is 59.0 Å². The van der Waals surface area contributed by atoms with Crippen molar-refractivity contribution in [3.8, 4) is 11.5 Å². The van der Waals surface area contributed by atoms with Crippen molar-refractivity contribution in [3.05, 3.63) is 52.1 Å². The highest BCUT2D eigenvalue weighted by molar-refractivity contribution is 8.93. The number of carbonyl (C=O) groups excluding carboxylic acids is 3. The van der Waals surface area contributed by atoms with Gasteiger partial charge in [0, 0.05) is 37.3 Å². The van der Waals surface area contributed by atoms with Gasteiger partial charge in [0.15, 0.2) is 11.5 Å². The molecule has 0 saturated carbocycles. The molecule has 0 unspecified atom stereocenters. The van der Waals surface area contributed by atoms with Gasteiger partial charge >= 0.3 is 5.97 Å². The van der Waals surface area contributed by atoms with Gasteiger partial charge in [-0.1, -0.05) is 20.8 Å². The second kappa shape index (κ2) is 10.5. The average molecular weight is 573 g/mol. The summed E-state index contributed by atoms with van der Waals surface area (Å²) in [6.45, 7) is 8.74. The van der Waals surface area contributed by atoms with Gasteiger partial charge in [-0.3, -0.25) is 15.0 Å². The van der Waals surface area contributed by atoms with E-state index in [4.69, 9.17) is 14.9 Å². The van der Waals surface area contributed by atoms with E-state index < -0.39 is 0 Å². The van der Waals surface area contributed by atoms with Crippen LogP contribution in [0.2, 0.25) is 0 Å². The second-order valence-corrected chi connectivity index (χ2v) is 10.1. The van der Waals surface area contributed by atoms with E-state index in [2.05, 4.69) is 5.32 Å². The first kappa shape index (κ1) is 28.2. The van der Waals surface area contributed by atoms with E-state index in [0.717, 1.165) is 11.1 Å². The number of nitrogens with zero attached hydrogens (tertiary/aromatic N) is 2. The van der Waals surface area contributed by atoms with Crippen LogP contribution < -0.4 is 19.7 Å². The van der Waals surface area contributed by atoms with E-state index in [9.17, 15) is 14.4 Å². The number of rotatable bonds is 6. The van der Waals surface area contributed by atoms with Gasteiger partial charge in [0.05, 0.1) is 24.4 Å². The predicted octanol–water partition coefficient (Wildman–Crippen LogP) is 3.70. The van der Waals surface area contributed by atoms with Crippen LogP contribution in [0.3, 0.4) is 0 Å². The van der Waals surface area contributed by atoms with E-state index in [1.165, 1.54) is 0 Å². The van der Waals surface area contributed by atoms with Crippen LogP contribution in [0.25, 0.3) is 0 Å². The molecule has 37 heavy (non-hydrogen) atoms. The number of Topliss-reactive ketones (excluding diaryl/α,β-unsaturated/α-hetero) is 1. The third-order valence-corrected chi connectivity index (χ3v) is 6.44. The molecule has 2 aromatic carbocycles. The van der Waals surface area contributed by atoms with E-state index >= 15 is 0 Å². The molecule has 0 bridgehead atoms. The van der Waals surface area contributed by atoms with Crippen LogP contribution in [0.15, 0.2) is 24.3 Å². The molecule has 2 aromatic rings. The summed E-state index contributed by atoms with van der Waals surface area (Å²) in [5, 5.41) is 11.3. The van der Waals surface area contributed by atoms with E-state index in [1.807, 2.05) is 27.7 Å². The lowest BCUT2D eigenvalue weighted by Gasteiger charge is -2.32. The summed E-state index contributed by atoms with van der Waals surface area (Å²) in [5.41, 5.74) is 3.41. The molecule has 2 aliphatic rings. The topological polar surface area (TPSA) is 112 Å². The number of likely N-dealkylation sites (N-methyl/N-ethyl adjacent to an activating group) is 1. The molecule has 2 aliphatic heterocycles. The molecule has 4 rings (SSSR count). The Balaban J connectivity index is 0.00000380. The molecule has 2 heterocycles. The van der Waals surface area contributed by atoms with Crippen LogP contribution in [0, 0.1) is 5.41 Å². The van der Waals surface area contributed by atoms with Gasteiger partial charge in [-0.25, -0.2) is 4.79 Å². The minimum atomic E-state index is -0.360. The number of esters is 1. The Morgan fingerprint density at radius 2 is 1.86 bits per heavy atom. The number of carbonyl (C=O) groups is 3. The number of amides is 1. The van der Waals surface area contributed by atoms with Crippen LogP contribution in [-0.2, 0) is 16.8 Å². The number of fused-ring (bicyclic) bond motifs is 2. The average Bonchev–Trinajstić information content (AvgIpc) is 3.11. The minimum absolute atomic E-state index is 0. The summed E-state index contributed by atoms with van der Waals surface area (Å²) in [6, 6.07) is 6.98. The Bertz CT molecular complexity index is 1280. The second-order valence-electron chi connectivity index (χ2n) is 10.1. The fourth-order valence-electron chi connectivity index (χ4n) is 4.56. The zero-order valence-corrected chi connectivity index (χ0v) is 23.7. The molecule has 0 saturated heterocycles. The number of amidine groups is 1. The number of hydrogen-bond acceptors (Lipinski definition) is 7. The fraction of sp³-hybridized carbons (Fsp3) is 0.407. The normalized spacial score (nSPS) is 14.4. The summed E-state index contributed by atoms with van der Waals surface area (Å²) in [4.78, 5) is 41.4. The van der Waals surface area contributed by atoms with Crippen molar-refractivity contribution >= 4 is 46.2 Å². The van der Waals surface area contributed by atoms with Gasteiger partial charge in [-0.2, -0.15) is 0 Å². The lowest BCUT2D eigenvalue weighted by atomic mass is 9.84. The molecule has 0 radical (unpaired) electrons. The molecule has 10 heteroatoms. The van der Waals surface area contributed by atoms with Crippen molar-refractivity contribution in [3.63, 3.8) is 0 Å². The molecule has 9 nitrogen and oxygen atoms in total. The quantitative estimate of drug-likeness (QED) is 0.308. The zero-order valence-electron chi connectivity index (χ0n) is 22.0. The van der Waals surface area contributed by atoms with Crippen LogP contribution in [0.1, 0.15) is 65.1 Å². The molecule has 0 atom stereocenters. The maximum Gasteiger partial charge on any atom is 0.331 e. The highest BCUT2D eigenvalue weighted by Gasteiger charge is 2.33. The molecule has 0 spiro atoms. The van der Waals surface area contributed by atoms with Crippen LogP contribution >= 0.6 is 17.0 Å². The van der Waals surface area contributed by atoms with E-state index in [1.54, 1.807) is 48.2 Å². The van der Waals surface area contributed by atoms with Gasteiger partial charge < -0.3 is 24.6 Å². The third kappa shape index (κ3) is 5.34. The lowest BCUT2D eigenvalue weighted by Crippen LogP contribution is -2.36. The number of ether oxygens (including phenoxy) is 2. The van der Waals surface area contributed by atoms with Crippen LogP contribution in [-0.4, -0.2) is 62.2 Å². The summed E-state index contributed by atoms with van der Waals surface area (Å²) < 4.78 is 11.2. The Morgan fingerprint density at radius 1 is 1.16 bits per heavy atom. The van der Waals surface area contributed by atoms with Crippen LogP contribution in [0.4, 0.5) is 5.69 Å². The largest absolute Gasteiger partial charge is 0.493 e. The number of hydrogen-bond donors (Lipinski definition) is 2. The van der Waals surface area contributed by atoms with Gasteiger partial charge in [-0.15, -0.1) is 17.0 Å².